The third-order valence-electron chi connectivity index (χ3n) is 3.33. The molecular weight excluding hydrogens is 300 g/mol. The van der Waals surface area contributed by atoms with Crippen LogP contribution in [0.25, 0.3) is 0 Å². The zero-order valence-electron chi connectivity index (χ0n) is 11.1. The molecule has 1 saturated carbocycles. The predicted octanol–water partition coefficient (Wildman–Crippen LogP) is 1.04. The number of nitrogens with one attached hydrogen (secondary N) is 1. The Morgan fingerprint density at radius 3 is 2.57 bits per heavy atom. The van der Waals surface area contributed by atoms with Gasteiger partial charge < -0.3 is 5.11 Å². The molecule has 0 bridgehead atoms. The summed E-state index contributed by atoms with van der Waals surface area (Å²) in [7, 11) is -4.12. The lowest BCUT2D eigenvalue weighted by Crippen LogP contribution is -2.42. The first-order valence-corrected chi connectivity index (χ1v) is 7.71. The van der Waals surface area contributed by atoms with E-state index in [4.69, 9.17) is 5.11 Å². The molecular formula is C12H14N2O6S. The van der Waals surface area contributed by atoms with Crippen LogP contribution in [-0.4, -0.2) is 30.5 Å². The first-order valence-electron chi connectivity index (χ1n) is 6.22. The van der Waals surface area contributed by atoms with Crippen molar-refractivity contribution in [3.05, 3.63) is 33.9 Å². The van der Waals surface area contributed by atoms with Crippen LogP contribution in [0.1, 0.15) is 18.4 Å². The molecule has 2 N–H and O–H groups in total. The molecule has 1 atom stereocenters. The quantitative estimate of drug-likeness (QED) is 0.596. The maximum absolute atomic E-state index is 12.2. The zero-order chi connectivity index (χ0) is 15.8. The summed E-state index contributed by atoms with van der Waals surface area (Å²) in [5, 5.41) is 19.9. The molecule has 114 valence electrons. The lowest BCUT2D eigenvalue weighted by Gasteiger charge is -2.14. The number of aliphatic carboxylic acids is 1. The first kappa shape index (κ1) is 15.4. The van der Waals surface area contributed by atoms with Crippen LogP contribution < -0.4 is 4.72 Å². The Hall–Kier alpha value is -2.00. The van der Waals surface area contributed by atoms with Crippen LogP contribution in [0.15, 0.2) is 23.1 Å². The maximum Gasteiger partial charge on any atom is 0.322 e. The van der Waals surface area contributed by atoms with Crippen molar-refractivity contribution in [3.8, 4) is 0 Å². The second-order valence-electron chi connectivity index (χ2n) is 4.98. The van der Waals surface area contributed by atoms with Crippen LogP contribution in [0.5, 0.6) is 0 Å². The second kappa shape index (κ2) is 5.41. The predicted molar refractivity (Wildman–Crippen MR) is 72.3 cm³/mol. The third kappa shape index (κ3) is 3.37. The van der Waals surface area contributed by atoms with Gasteiger partial charge in [0.25, 0.3) is 5.69 Å². The zero-order valence-corrected chi connectivity index (χ0v) is 12.0. The molecule has 0 aliphatic heterocycles. The van der Waals surface area contributed by atoms with E-state index in [0.29, 0.717) is 18.4 Å². The van der Waals surface area contributed by atoms with E-state index < -0.39 is 27.0 Å². The highest BCUT2D eigenvalue weighted by molar-refractivity contribution is 7.89. The van der Waals surface area contributed by atoms with E-state index in [1.54, 1.807) is 0 Å². The summed E-state index contributed by atoms with van der Waals surface area (Å²) < 4.78 is 26.4. The molecule has 0 amide bonds. The minimum atomic E-state index is -4.12. The van der Waals surface area contributed by atoms with Crippen LogP contribution in [0.3, 0.4) is 0 Å². The van der Waals surface area contributed by atoms with E-state index in [1.807, 2.05) is 0 Å². The number of nitro groups is 1. The number of aryl methyl sites for hydroxylation is 1. The summed E-state index contributed by atoms with van der Waals surface area (Å²) in [6.07, 6.45) is 1.29. The number of carboxylic acids is 1. The molecule has 0 saturated heterocycles. The molecule has 1 aromatic rings. The summed E-state index contributed by atoms with van der Waals surface area (Å²) in [4.78, 5) is 20.9. The van der Waals surface area contributed by atoms with Crippen molar-refractivity contribution in [2.24, 2.45) is 5.92 Å². The highest BCUT2D eigenvalue weighted by atomic mass is 32.2. The van der Waals surface area contributed by atoms with Crippen LogP contribution in [-0.2, 0) is 14.8 Å². The third-order valence-corrected chi connectivity index (χ3v) is 4.77. The standard InChI is InChI=1S/C12H14N2O6S/c1-7-2-5-9(6-10(7)14(17)18)21(19,20)13-11(12(15)16)8-3-4-8/h2,5-6,8,11,13H,3-4H2,1H3,(H,15,16). The molecule has 2 rings (SSSR count). The summed E-state index contributed by atoms with van der Waals surface area (Å²) in [6.45, 7) is 1.49. The summed E-state index contributed by atoms with van der Waals surface area (Å²) >= 11 is 0. The highest BCUT2D eigenvalue weighted by Gasteiger charge is 2.39. The molecule has 0 heterocycles. The summed E-state index contributed by atoms with van der Waals surface area (Å²) in [5.41, 5.74) is 0.00657. The molecule has 1 fully saturated rings. The van der Waals surface area contributed by atoms with Crippen LogP contribution in [0, 0.1) is 23.0 Å². The monoisotopic (exact) mass is 314 g/mol. The van der Waals surface area contributed by atoms with Crippen LogP contribution in [0.4, 0.5) is 5.69 Å². The van der Waals surface area contributed by atoms with Crippen LogP contribution in [0.2, 0.25) is 0 Å². The first-order chi connectivity index (χ1) is 9.72. The molecule has 0 radical (unpaired) electrons. The van der Waals surface area contributed by atoms with Crippen molar-refractivity contribution in [2.75, 3.05) is 0 Å². The molecule has 1 unspecified atom stereocenters. The topological polar surface area (TPSA) is 127 Å². The molecule has 1 aliphatic carbocycles. The Bertz CT molecular complexity index is 696. The van der Waals surface area contributed by atoms with Gasteiger partial charge in [-0.05, 0) is 31.7 Å². The highest BCUT2D eigenvalue weighted by Crippen LogP contribution is 2.33. The molecule has 1 aromatic carbocycles. The second-order valence-corrected chi connectivity index (χ2v) is 6.69. The molecule has 9 heteroatoms. The summed E-state index contributed by atoms with van der Waals surface area (Å²) in [6, 6.07) is 2.27. The van der Waals surface area contributed by atoms with Gasteiger partial charge in [0.1, 0.15) is 6.04 Å². The molecule has 21 heavy (non-hydrogen) atoms. The van der Waals surface area contributed by atoms with Crippen molar-refractivity contribution >= 4 is 21.7 Å². The lowest BCUT2D eigenvalue weighted by molar-refractivity contribution is -0.385. The van der Waals surface area contributed by atoms with Gasteiger partial charge in [0.2, 0.25) is 10.0 Å². The van der Waals surface area contributed by atoms with E-state index in [0.717, 1.165) is 6.07 Å². The number of hydrogen-bond donors (Lipinski definition) is 2. The summed E-state index contributed by atoms with van der Waals surface area (Å²) in [5.74, 6) is -1.47. The smallest absolute Gasteiger partial charge is 0.322 e. The lowest BCUT2D eigenvalue weighted by atomic mass is 10.2. The fourth-order valence-electron chi connectivity index (χ4n) is 1.97. The maximum atomic E-state index is 12.2. The Kier molecular flexibility index (Phi) is 3.97. The fraction of sp³-hybridized carbons (Fsp3) is 0.417. The van der Waals surface area contributed by atoms with E-state index in [9.17, 15) is 23.3 Å². The van der Waals surface area contributed by atoms with Gasteiger partial charge in [0.05, 0.1) is 9.82 Å². The number of carbonyl (C=O) groups is 1. The molecule has 1 aliphatic rings. The molecule has 0 spiro atoms. The van der Waals surface area contributed by atoms with Crippen molar-refractivity contribution in [1.29, 1.82) is 0 Å². The van der Waals surface area contributed by atoms with Gasteiger partial charge >= 0.3 is 5.97 Å². The van der Waals surface area contributed by atoms with E-state index >= 15 is 0 Å². The van der Waals surface area contributed by atoms with Crippen molar-refractivity contribution in [2.45, 2.75) is 30.7 Å². The van der Waals surface area contributed by atoms with Gasteiger partial charge in [-0.2, -0.15) is 4.72 Å². The van der Waals surface area contributed by atoms with Gasteiger partial charge in [-0.1, -0.05) is 6.07 Å². The van der Waals surface area contributed by atoms with Gasteiger partial charge in [-0.3, -0.25) is 14.9 Å². The number of carboxylic acid groups (broad SMARTS) is 1. The number of hydrogen-bond acceptors (Lipinski definition) is 5. The van der Waals surface area contributed by atoms with Crippen molar-refractivity contribution in [3.63, 3.8) is 0 Å². The molecule has 0 aromatic heterocycles. The molecule has 8 nitrogen and oxygen atoms in total. The van der Waals surface area contributed by atoms with Gasteiger partial charge in [-0.25, -0.2) is 8.42 Å². The van der Waals surface area contributed by atoms with E-state index in [-0.39, 0.29) is 16.5 Å². The number of nitrogens with zero attached hydrogens (tertiary/aromatic N) is 1. The normalized spacial score (nSPS) is 16.4. The Morgan fingerprint density at radius 1 is 1.48 bits per heavy atom. The Labute approximate surface area is 121 Å². The average molecular weight is 314 g/mol. The number of sulfonamides is 1. The van der Waals surface area contributed by atoms with Gasteiger partial charge in [0, 0.05) is 11.6 Å². The number of benzene rings is 1. The Morgan fingerprint density at radius 2 is 2.10 bits per heavy atom. The SMILES string of the molecule is Cc1ccc(S(=O)(=O)NC(C(=O)O)C2CC2)cc1[N+](=O)[O-]. The van der Waals surface area contributed by atoms with Crippen LogP contribution >= 0.6 is 0 Å². The number of rotatable bonds is 6. The average Bonchev–Trinajstić information content (AvgIpc) is 3.19. The largest absolute Gasteiger partial charge is 0.480 e. The minimum Gasteiger partial charge on any atom is -0.480 e. The van der Waals surface area contributed by atoms with E-state index in [2.05, 4.69) is 4.72 Å². The Balaban J connectivity index is 2.33. The van der Waals surface area contributed by atoms with Crippen molar-refractivity contribution < 1.29 is 23.2 Å². The van der Waals surface area contributed by atoms with E-state index in [1.165, 1.54) is 19.1 Å². The minimum absolute atomic E-state index is 0.224. The van der Waals surface area contributed by atoms with Gasteiger partial charge in [0.15, 0.2) is 0 Å². The number of nitro benzene ring substituents is 1. The fourth-order valence-corrected chi connectivity index (χ4v) is 3.24. The van der Waals surface area contributed by atoms with Gasteiger partial charge in [-0.15, -0.1) is 0 Å². The van der Waals surface area contributed by atoms with Crippen molar-refractivity contribution in [1.82, 2.24) is 4.72 Å².